The summed E-state index contributed by atoms with van der Waals surface area (Å²) in [5.41, 5.74) is -3.78. The van der Waals surface area contributed by atoms with Crippen LogP contribution in [0.25, 0.3) is 0 Å². The summed E-state index contributed by atoms with van der Waals surface area (Å²) in [5.74, 6) is -0.879. The van der Waals surface area contributed by atoms with E-state index in [-0.39, 0.29) is 46.1 Å². The van der Waals surface area contributed by atoms with Crippen molar-refractivity contribution in [3.05, 3.63) is 47.2 Å². The van der Waals surface area contributed by atoms with Crippen molar-refractivity contribution in [3.8, 4) is 5.75 Å². The number of carbonyl (C=O) groups is 2. The zero-order valence-electron chi connectivity index (χ0n) is 22.1. The second kappa shape index (κ2) is 11.9. The zero-order chi connectivity index (χ0) is 30.8. The second-order valence-corrected chi connectivity index (χ2v) is 11.9. The molecule has 0 unspecified atom stereocenters. The first-order valence-electron chi connectivity index (χ1n) is 12.2. The highest BCUT2D eigenvalue weighted by Crippen LogP contribution is 2.38. The van der Waals surface area contributed by atoms with Crippen LogP contribution in [0.1, 0.15) is 33.1 Å². The highest BCUT2D eigenvalue weighted by atomic mass is 35.5. The Kier molecular flexibility index (Phi) is 9.35. The SMILES string of the molecule is CC(C)(OC(=O)Nc1ccc2c(c1)N(S(=O)(=O)c1ccc(F)c(Cl)c1)CCO2)C(F)(F)F.CNC(=O)C1(O)CCC1. The molecule has 1 aliphatic heterocycles. The topological polar surface area (TPSA) is 134 Å². The first kappa shape index (κ1) is 32.2. The van der Waals surface area contributed by atoms with Crippen molar-refractivity contribution in [2.75, 3.05) is 29.8 Å². The zero-order valence-corrected chi connectivity index (χ0v) is 23.7. The predicted octanol–water partition coefficient (Wildman–Crippen LogP) is 4.60. The molecule has 3 N–H and O–H groups in total. The molecule has 0 saturated heterocycles. The molecular formula is C25H28ClF4N3O7S. The molecule has 4 rings (SSSR count). The van der Waals surface area contributed by atoms with Gasteiger partial charge in [0.05, 0.1) is 22.2 Å². The molecule has 1 fully saturated rings. The lowest BCUT2D eigenvalue weighted by Crippen LogP contribution is -2.50. The van der Waals surface area contributed by atoms with Gasteiger partial charge < -0.3 is 19.9 Å². The van der Waals surface area contributed by atoms with Gasteiger partial charge in [-0.15, -0.1) is 0 Å². The molecule has 0 aromatic heterocycles. The third kappa shape index (κ3) is 7.13. The summed E-state index contributed by atoms with van der Waals surface area (Å²) in [6.45, 7) is 1.28. The first-order valence-corrected chi connectivity index (χ1v) is 14.0. The molecule has 1 saturated carbocycles. The number of rotatable bonds is 5. The smallest absolute Gasteiger partial charge is 0.427 e. The quantitative estimate of drug-likeness (QED) is 0.413. The van der Waals surface area contributed by atoms with Gasteiger partial charge in [0.25, 0.3) is 15.9 Å². The number of hydrogen-bond acceptors (Lipinski definition) is 7. The Hall–Kier alpha value is -3.30. The first-order chi connectivity index (χ1) is 18.9. The number of fused-ring (bicyclic) bond motifs is 1. The van der Waals surface area contributed by atoms with Crippen LogP contribution in [0.15, 0.2) is 41.3 Å². The van der Waals surface area contributed by atoms with Crippen LogP contribution in [0.5, 0.6) is 5.75 Å². The lowest BCUT2D eigenvalue weighted by Gasteiger charge is -2.34. The van der Waals surface area contributed by atoms with Crippen LogP contribution >= 0.6 is 11.6 Å². The van der Waals surface area contributed by atoms with Gasteiger partial charge in [-0.2, -0.15) is 13.2 Å². The van der Waals surface area contributed by atoms with Gasteiger partial charge >= 0.3 is 12.3 Å². The number of ether oxygens (including phenoxy) is 2. The number of hydrogen-bond donors (Lipinski definition) is 3. The number of nitrogens with zero attached hydrogens (tertiary/aromatic N) is 1. The number of carbonyl (C=O) groups excluding carboxylic acids is 2. The van der Waals surface area contributed by atoms with Gasteiger partial charge in [-0.05, 0) is 69.5 Å². The largest absolute Gasteiger partial charge is 0.489 e. The van der Waals surface area contributed by atoms with Gasteiger partial charge in [0.2, 0.25) is 5.60 Å². The molecule has 226 valence electrons. The Morgan fingerprint density at radius 2 is 1.80 bits per heavy atom. The summed E-state index contributed by atoms with van der Waals surface area (Å²) in [6, 6.07) is 6.78. The maximum absolute atomic E-state index is 13.5. The summed E-state index contributed by atoms with van der Waals surface area (Å²) < 4.78 is 89.3. The number of sulfonamides is 1. The van der Waals surface area contributed by atoms with Gasteiger partial charge in [-0.25, -0.2) is 17.6 Å². The Morgan fingerprint density at radius 1 is 1.15 bits per heavy atom. The molecule has 1 aliphatic carbocycles. The van der Waals surface area contributed by atoms with E-state index in [9.17, 15) is 40.7 Å². The van der Waals surface area contributed by atoms with Crippen LogP contribution in [0, 0.1) is 5.82 Å². The number of likely N-dealkylation sites (N-methyl/N-ethyl adjacent to an activating group) is 1. The molecule has 0 spiro atoms. The molecule has 10 nitrogen and oxygen atoms in total. The molecule has 41 heavy (non-hydrogen) atoms. The normalized spacial score (nSPS) is 16.2. The Labute approximate surface area is 238 Å². The minimum atomic E-state index is -4.80. The molecule has 0 atom stereocenters. The molecule has 0 radical (unpaired) electrons. The van der Waals surface area contributed by atoms with E-state index in [0.717, 1.165) is 28.9 Å². The lowest BCUT2D eigenvalue weighted by atomic mass is 9.80. The highest BCUT2D eigenvalue weighted by Gasteiger charge is 2.51. The molecule has 1 heterocycles. The van der Waals surface area contributed by atoms with Gasteiger partial charge in [0, 0.05) is 12.7 Å². The van der Waals surface area contributed by atoms with Crippen LogP contribution in [0.4, 0.5) is 33.7 Å². The van der Waals surface area contributed by atoms with E-state index in [1.165, 1.54) is 18.2 Å². The molecule has 0 bridgehead atoms. The minimum absolute atomic E-state index is 0.00967. The molecular weight excluding hydrogens is 598 g/mol. The van der Waals surface area contributed by atoms with Crippen molar-refractivity contribution < 1.29 is 50.1 Å². The molecule has 2 amide bonds. The Bertz CT molecular complexity index is 1420. The van der Waals surface area contributed by atoms with Gasteiger partial charge in [-0.3, -0.25) is 14.4 Å². The van der Waals surface area contributed by atoms with Crippen LogP contribution in [0.2, 0.25) is 5.02 Å². The monoisotopic (exact) mass is 625 g/mol. The minimum Gasteiger partial charge on any atom is -0.489 e. The molecule has 16 heteroatoms. The van der Waals surface area contributed by atoms with Crippen molar-refractivity contribution in [1.29, 1.82) is 0 Å². The standard InChI is InChI=1S/C19H17ClF4N2O5S.C6H11NO2/c1-18(2,19(22,23)24)31-17(27)25-11-3-6-16-15(9-11)26(7-8-30-16)32(28,29)12-4-5-14(21)13(20)10-12;1-7-5(8)6(9)3-2-4-6/h3-6,9-10H,7-8H2,1-2H3,(H,25,27);9H,2-4H2,1H3,(H,7,8). The number of amides is 2. The average Bonchev–Trinajstić information content (AvgIpc) is 2.87. The van der Waals surface area contributed by atoms with E-state index in [1.54, 1.807) is 7.05 Å². The third-order valence-electron chi connectivity index (χ3n) is 6.37. The summed E-state index contributed by atoms with van der Waals surface area (Å²) in [6.07, 6.45) is -3.98. The van der Waals surface area contributed by atoms with E-state index in [4.69, 9.17) is 16.3 Å². The average molecular weight is 626 g/mol. The van der Waals surface area contributed by atoms with Gasteiger partial charge in [0.15, 0.2) is 0 Å². The summed E-state index contributed by atoms with van der Waals surface area (Å²) in [7, 11) is -2.66. The van der Waals surface area contributed by atoms with Crippen LogP contribution < -0.4 is 19.7 Å². The molecule has 2 aromatic carbocycles. The van der Waals surface area contributed by atoms with Gasteiger partial charge in [-0.1, -0.05) is 11.6 Å². The Balaban J connectivity index is 0.000000436. The summed E-state index contributed by atoms with van der Waals surface area (Å²) in [4.78, 5) is 22.4. The Morgan fingerprint density at radius 3 is 2.32 bits per heavy atom. The van der Waals surface area contributed by atoms with E-state index >= 15 is 0 Å². The van der Waals surface area contributed by atoms with E-state index < -0.39 is 39.3 Å². The number of nitrogens with one attached hydrogen (secondary N) is 2. The number of anilines is 2. The van der Waals surface area contributed by atoms with Crippen molar-refractivity contribution in [2.24, 2.45) is 0 Å². The second-order valence-electron chi connectivity index (χ2n) is 9.67. The van der Waals surface area contributed by atoms with Crippen LogP contribution in [-0.4, -0.2) is 63.1 Å². The van der Waals surface area contributed by atoms with Gasteiger partial charge in [0.1, 0.15) is 23.8 Å². The maximum Gasteiger partial charge on any atom is 0.427 e. The number of halogens is 5. The van der Waals surface area contributed by atoms with Crippen LogP contribution in [0.3, 0.4) is 0 Å². The summed E-state index contributed by atoms with van der Waals surface area (Å²) >= 11 is 5.70. The maximum atomic E-state index is 13.5. The van der Waals surface area contributed by atoms with E-state index in [2.05, 4.69) is 15.4 Å². The van der Waals surface area contributed by atoms with Crippen molar-refractivity contribution in [3.63, 3.8) is 0 Å². The van der Waals surface area contributed by atoms with Crippen molar-refractivity contribution in [1.82, 2.24) is 5.32 Å². The van der Waals surface area contributed by atoms with Crippen LogP contribution in [-0.2, 0) is 19.6 Å². The number of aliphatic hydroxyl groups is 1. The van der Waals surface area contributed by atoms with Crippen molar-refractivity contribution >= 4 is 45.0 Å². The fraction of sp³-hybridized carbons (Fsp3) is 0.440. The fourth-order valence-electron chi connectivity index (χ4n) is 3.69. The number of benzene rings is 2. The van der Waals surface area contributed by atoms with E-state index in [1.807, 2.05) is 0 Å². The summed E-state index contributed by atoms with van der Waals surface area (Å²) in [5, 5.41) is 13.4. The third-order valence-corrected chi connectivity index (χ3v) is 8.46. The van der Waals surface area contributed by atoms with E-state index in [0.29, 0.717) is 26.7 Å². The van der Waals surface area contributed by atoms with Crippen molar-refractivity contribution in [2.45, 2.75) is 55.4 Å². The highest BCUT2D eigenvalue weighted by molar-refractivity contribution is 7.92. The molecule has 2 aliphatic rings. The lowest BCUT2D eigenvalue weighted by molar-refractivity contribution is -0.242. The predicted molar refractivity (Wildman–Crippen MR) is 141 cm³/mol. The molecule has 2 aromatic rings. The number of alkyl halides is 3. The fourth-order valence-corrected chi connectivity index (χ4v) is 5.41.